The molecular weight excluding hydrogens is 368 g/mol. The van der Waals surface area contributed by atoms with Gasteiger partial charge >= 0.3 is 0 Å². The van der Waals surface area contributed by atoms with E-state index in [1.807, 2.05) is 31.2 Å². The molecule has 1 heterocycles. The van der Waals surface area contributed by atoms with Gasteiger partial charge in [0.25, 0.3) is 5.91 Å². The number of rotatable bonds is 5. The lowest BCUT2D eigenvalue weighted by Gasteiger charge is -2.14. The zero-order chi connectivity index (χ0) is 20.6. The number of benzene rings is 2. The molecule has 2 aromatic carbocycles. The number of anilines is 2. The Morgan fingerprint density at radius 2 is 1.86 bits per heavy atom. The molecule has 0 radical (unpaired) electrons. The molecule has 3 N–H and O–H groups in total. The van der Waals surface area contributed by atoms with Crippen LogP contribution >= 0.6 is 0 Å². The van der Waals surface area contributed by atoms with Crippen LogP contribution < -0.4 is 16.0 Å². The van der Waals surface area contributed by atoms with E-state index < -0.39 is 0 Å². The van der Waals surface area contributed by atoms with Crippen molar-refractivity contribution in [3.63, 3.8) is 0 Å². The quantitative estimate of drug-likeness (QED) is 0.536. The Morgan fingerprint density at radius 3 is 2.55 bits per heavy atom. The van der Waals surface area contributed by atoms with E-state index in [0.717, 1.165) is 30.7 Å². The van der Waals surface area contributed by atoms with Crippen LogP contribution in [0.2, 0.25) is 0 Å². The number of aryl methyl sites for hydroxylation is 1. The summed E-state index contributed by atoms with van der Waals surface area (Å²) in [4.78, 5) is 28.6. The fraction of sp³-hybridized carbons (Fsp3) is 0.318. The van der Waals surface area contributed by atoms with Crippen molar-refractivity contribution in [2.75, 3.05) is 23.8 Å². The van der Waals surface area contributed by atoms with Crippen molar-refractivity contribution < 1.29 is 14.3 Å². The van der Waals surface area contributed by atoms with Crippen molar-refractivity contribution in [3.05, 3.63) is 59.7 Å². The van der Waals surface area contributed by atoms with Crippen molar-refractivity contribution in [3.8, 4) is 0 Å². The van der Waals surface area contributed by atoms with Crippen LogP contribution in [-0.4, -0.2) is 37.0 Å². The number of nitrogens with one attached hydrogen (secondary N) is 3. The number of aliphatic imine (C=N–C) groups is 1. The SMILES string of the molecule is CC(=O)Nc1cccc(C(=O)NC(=NC[C@H]2CCCO2)Nc2cccc(C)c2)c1. The number of nitrogens with zero attached hydrogens (tertiary/aromatic N) is 1. The average Bonchev–Trinajstić information content (AvgIpc) is 3.19. The smallest absolute Gasteiger partial charge is 0.258 e. The molecule has 1 atom stereocenters. The standard InChI is InChI=1S/C22H26N4O3/c1-15-6-3-8-18(12-15)25-22(23-14-20-10-5-11-29-20)26-21(28)17-7-4-9-19(13-17)24-16(2)27/h3-4,6-9,12-13,20H,5,10-11,14H2,1-2H3,(H,24,27)(H2,23,25,26,28)/t20-/m1/s1. The largest absolute Gasteiger partial charge is 0.376 e. The lowest BCUT2D eigenvalue weighted by atomic mass is 10.2. The molecule has 0 aliphatic carbocycles. The van der Waals surface area contributed by atoms with E-state index in [-0.39, 0.29) is 17.9 Å². The fourth-order valence-corrected chi connectivity index (χ4v) is 3.07. The molecule has 1 aliphatic heterocycles. The second-order valence-corrected chi connectivity index (χ2v) is 7.03. The van der Waals surface area contributed by atoms with Crippen LogP contribution in [-0.2, 0) is 9.53 Å². The lowest BCUT2D eigenvalue weighted by Crippen LogP contribution is -2.36. The molecule has 152 valence electrons. The molecule has 0 bridgehead atoms. The second kappa shape index (κ2) is 9.84. The lowest BCUT2D eigenvalue weighted by molar-refractivity contribution is -0.114. The number of ether oxygens (including phenoxy) is 1. The van der Waals surface area contributed by atoms with E-state index in [9.17, 15) is 9.59 Å². The number of hydrogen-bond acceptors (Lipinski definition) is 4. The summed E-state index contributed by atoms with van der Waals surface area (Å²) in [6.07, 6.45) is 2.07. The monoisotopic (exact) mass is 394 g/mol. The van der Waals surface area contributed by atoms with Crippen molar-refractivity contribution in [1.29, 1.82) is 0 Å². The predicted molar refractivity (Wildman–Crippen MR) is 114 cm³/mol. The summed E-state index contributed by atoms with van der Waals surface area (Å²) in [5, 5.41) is 8.70. The highest BCUT2D eigenvalue weighted by atomic mass is 16.5. The fourth-order valence-electron chi connectivity index (χ4n) is 3.07. The molecule has 1 fully saturated rings. The van der Waals surface area contributed by atoms with Gasteiger partial charge in [-0.25, -0.2) is 4.99 Å². The molecule has 2 amide bonds. The van der Waals surface area contributed by atoms with Crippen molar-refractivity contribution in [2.24, 2.45) is 4.99 Å². The highest BCUT2D eigenvalue weighted by molar-refractivity contribution is 6.10. The number of hydrogen-bond donors (Lipinski definition) is 3. The summed E-state index contributed by atoms with van der Waals surface area (Å²) in [5.41, 5.74) is 2.92. The van der Waals surface area contributed by atoms with Crippen LogP contribution in [0.1, 0.15) is 35.7 Å². The van der Waals surface area contributed by atoms with Gasteiger partial charge in [0.1, 0.15) is 0 Å². The Morgan fingerprint density at radius 1 is 1.10 bits per heavy atom. The Labute approximate surface area is 170 Å². The van der Waals surface area contributed by atoms with Gasteiger partial charge in [-0.3, -0.25) is 14.9 Å². The van der Waals surface area contributed by atoms with Gasteiger partial charge in [0.2, 0.25) is 11.9 Å². The summed E-state index contributed by atoms with van der Waals surface area (Å²) >= 11 is 0. The number of carbonyl (C=O) groups is 2. The molecule has 7 heteroatoms. The summed E-state index contributed by atoms with van der Waals surface area (Å²) in [6, 6.07) is 14.6. The molecule has 2 aromatic rings. The first-order valence-electron chi connectivity index (χ1n) is 9.68. The van der Waals surface area contributed by atoms with E-state index in [1.54, 1.807) is 24.3 Å². The molecule has 0 saturated carbocycles. The van der Waals surface area contributed by atoms with Gasteiger partial charge in [-0.2, -0.15) is 0 Å². The van der Waals surface area contributed by atoms with E-state index in [0.29, 0.717) is 23.8 Å². The highest BCUT2D eigenvalue weighted by Crippen LogP contribution is 2.14. The molecule has 3 rings (SSSR count). The van der Waals surface area contributed by atoms with E-state index in [4.69, 9.17) is 4.74 Å². The Balaban J connectivity index is 1.75. The summed E-state index contributed by atoms with van der Waals surface area (Å²) in [7, 11) is 0. The molecule has 0 spiro atoms. The van der Waals surface area contributed by atoms with Gasteiger partial charge in [0, 0.05) is 30.5 Å². The van der Waals surface area contributed by atoms with Crippen LogP contribution in [0.5, 0.6) is 0 Å². The molecule has 1 aliphatic rings. The summed E-state index contributed by atoms with van der Waals surface area (Å²) in [5.74, 6) is -0.146. The molecule has 1 saturated heterocycles. The van der Waals surface area contributed by atoms with Gasteiger partial charge in [-0.15, -0.1) is 0 Å². The van der Waals surface area contributed by atoms with E-state index in [1.165, 1.54) is 6.92 Å². The second-order valence-electron chi connectivity index (χ2n) is 7.03. The minimum atomic E-state index is -0.316. The highest BCUT2D eigenvalue weighted by Gasteiger charge is 2.16. The van der Waals surface area contributed by atoms with Crippen molar-refractivity contribution >= 4 is 29.1 Å². The maximum Gasteiger partial charge on any atom is 0.258 e. The Kier molecular flexibility index (Phi) is 6.97. The minimum Gasteiger partial charge on any atom is -0.376 e. The predicted octanol–water partition coefficient (Wildman–Crippen LogP) is 3.33. The number of guanidine groups is 1. The van der Waals surface area contributed by atoms with Gasteiger partial charge in [0.05, 0.1) is 12.6 Å². The van der Waals surface area contributed by atoms with E-state index in [2.05, 4.69) is 20.9 Å². The first-order valence-corrected chi connectivity index (χ1v) is 9.68. The molecular formula is C22H26N4O3. The summed E-state index contributed by atoms with van der Waals surface area (Å²) < 4.78 is 5.63. The first kappa shape index (κ1) is 20.5. The van der Waals surface area contributed by atoms with Gasteiger partial charge in [-0.05, 0) is 55.7 Å². The average molecular weight is 394 g/mol. The zero-order valence-electron chi connectivity index (χ0n) is 16.7. The van der Waals surface area contributed by atoms with Gasteiger partial charge in [0.15, 0.2) is 0 Å². The third kappa shape index (κ3) is 6.43. The van der Waals surface area contributed by atoms with Crippen molar-refractivity contribution in [1.82, 2.24) is 5.32 Å². The Bertz CT molecular complexity index is 904. The van der Waals surface area contributed by atoms with Crippen molar-refractivity contribution in [2.45, 2.75) is 32.8 Å². The van der Waals surface area contributed by atoms with Crippen LogP contribution in [0.15, 0.2) is 53.5 Å². The van der Waals surface area contributed by atoms with Crippen LogP contribution in [0, 0.1) is 6.92 Å². The van der Waals surface area contributed by atoms with Gasteiger partial charge < -0.3 is 15.4 Å². The van der Waals surface area contributed by atoms with E-state index >= 15 is 0 Å². The molecule has 29 heavy (non-hydrogen) atoms. The normalized spacial score (nSPS) is 16.3. The molecule has 0 aromatic heterocycles. The third-order valence-corrected chi connectivity index (χ3v) is 4.43. The first-order chi connectivity index (χ1) is 14.0. The number of carbonyl (C=O) groups excluding carboxylic acids is 2. The van der Waals surface area contributed by atoms with Gasteiger partial charge in [-0.1, -0.05) is 18.2 Å². The maximum atomic E-state index is 12.8. The zero-order valence-corrected chi connectivity index (χ0v) is 16.7. The van der Waals surface area contributed by atoms with Crippen LogP contribution in [0.25, 0.3) is 0 Å². The third-order valence-electron chi connectivity index (χ3n) is 4.43. The van der Waals surface area contributed by atoms with Crippen LogP contribution in [0.4, 0.5) is 11.4 Å². The minimum absolute atomic E-state index is 0.0734. The summed E-state index contributed by atoms with van der Waals surface area (Å²) in [6.45, 7) is 4.65. The topological polar surface area (TPSA) is 91.8 Å². The molecule has 0 unspecified atom stereocenters. The van der Waals surface area contributed by atoms with Crippen LogP contribution in [0.3, 0.4) is 0 Å². The Hall–Kier alpha value is -3.19. The number of amides is 2. The molecule has 7 nitrogen and oxygen atoms in total. The maximum absolute atomic E-state index is 12.8.